The van der Waals surface area contributed by atoms with Crippen molar-refractivity contribution in [1.82, 2.24) is 4.90 Å². The van der Waals surface area contributed by atoms with Crippen LogP contribution in [-0.4, -0.2) is 35.0 Å². The van der Waals surface area contributed by atoms with E-state index in [-0.39, 0.29) is 25.0 Å². The summed E-state index contributed by atoms with van der Waals surface area (Å²) in [6.07, 6.45) is 0.386. The minimum Gasteiger partial charge on any atom is -0.395 e. The Labute approximate surface area is 147 Å². The number of carbonyl (C=O) groups is 2. The molecule has 2 N–H and O–H groups in total. The fourth-order valence-corrected chi connectivity index (χ4v) is 3.07. The number of para-hydroxylation sites is 1. The lowest BCUT2D eigenvalue weighted by Gasteiger charge is -2.29. The quantitative estimate of drug-likeness (QED) is 0.821. The number of benzene rings is 2. The molecule has 0 radical (unpaired) electrons. The van der Waals surface area contributed by atoms with E-state index in [2.05, 4.69) is 5.32 Å². The number of fused-ring (bicyclic) bond motifs is 1. The summed E-state index contributed by atoms with van der Waals surface area (Å²) in [6.45, 7) is 2.45. The summed E-state index contributed by atoms with van der Waals surface area (Å²) in [4.78, 5) is 26.9. The van der Waals surface area contributed by atoms with Crippen LogP contribution in [0.15, 0.2) is 48.5 Å². The molecule has 2 amide bonds. The predicted molar refractivity (Wildman–Crippen MR) is 95.9 cm³/mol. The van der Waals surface area contributed by atoms with Gasteiger partial charge in [-0.25, -0.2) is 0 Å². The lowest BCUT2D eigenvalue weighted by Crippen LogP contribution is -2.45. The first kappa shape index (κ1) is 17.2. The summed E-state index contributed by atoms with van der Waals surface area (Å²) in [5, 5.41) is 12.1. The van der Waals surface area contributed by atoms with E-state index < -0.39 is 5.92 Å². The van der Waals surface area contributed by atoms with Crippen LogP contribution >= 0.6 is 0 Å². The Bertz CT molecular complexity index is 771. The molecule has 1 aliphatic heterocycles. The molecule has 0 bridgehead atoms. The second-order valence-corrected chi connectivity index (χ2v) is 6.37. The Morgan fingerprint density at radius 3 is 2.64 bits per heavy atom. The van der Waals surface area contributed by atoms with Gasteiger partial charge < -0.3 is 15.3 Å². The van der Waals surface area contributed by atoms with Crippen molar-refractivity contribution in [2.75, 3.05) is 18.5 Å². The fraction of sp³-hybridized carbons (Fsp3) is 0.300. The summed E-state index contributed by atoms with van der Waals surface area (Å²) >= 11 is 0. The smallest absolute Gasteiger partial charge is 0.237 e. The van der Waals surface area contributed by atoms with E-state index in [1.165, 1.54) is 0 Å². The van der Waals surface area contributed by atoms with Crippen LogP contribution < -0.4 is 5.32 Å². The van der Waals surface area contributed by atoms with Gasteiger partial charge in [0.15, 0.2) is 0 Å². The number of hydrogen-bond acceptors (Lipinski definition) is 3. The molecule has 0 fully saturated rings. The fourth-order valence-electron chi connectivity index (χ4n) is 3.07. The molecule has 25 heavy (non-hydrogen) atoms. The maximum absolute atomic E-state index is 12.9. The van der Waals surface area contributed by atoms with E-state index in [0.29, 0.717) is 13.0 Å². The standard InChI is InChI=1S/C20H22N2O3/c1-14-6-8-15(9-7-14)13-22(10-11-23)20(25)17-12-16-4-2-3-5-18(16)21-19(17)24/h2-9,17,23H,10-13H2,1H3,(H,21,24). The molecule has 3 rings (SSSR count). The van der Waals surface area contributed by atoms with Crippen molar-refractivity contribution in [2.24, 2.45) is 5.92 Å². The van der Waals surface area contributed by atoms with E-state index in [1.807, 2.05) is 55.5 Å². The maximum atomic E-state index is 12.9. The van der Waals surface area contributed by atoms with Gasteiger partial charge in [0.2, 0.25) is 11.8 Å². The van der Waals surface area contributed by atoms with E-state index >= 15 is 0 Å². The predicted octanol–water partition coefficient (Wildman–Crippen LogP) is 2.13. The monoisotopic (exact) mass is 338 g/mol. The highest BCUT2D eigenvalue weighted by molar-refractivity contribution is 6.08. The number of nitrogens with zero attached hydrogens (tertiary/aromatic N) is 1. The van der Waals surface area contributed by atoms with Gasteiger partial charge in [0.1, 0.15) is 5.92 Å². The molecule has 0 saturated carbocycles. The summed E-state index contributed by atoms with van der Waals surface area (Å²) in [6, 6.07) is 15.4. The third-order valence-electron chi connectivity index (χ3n) is 4.49. The topological polar surface area (TPSA) is 69.6 Å². The van der Waals surface area contributed by atoms with E-state index in [4.69, 9.17) is 0 Å². The molecule has 1 unspecified atom stereocenters. The van der Waals surface area contributed by atoms with Crippen LogP contribution in [0.3, 0.4) is 0 Å². The number of hydrogen-bond donors (Lipinski definition) is 2. The van der Waals surface area contributed by atoms with E-state index in [9.17, 15) is 14.7 Å². The van der Waals surface area contributed by atoms with Crippen molar-refractivity contribution in [3.05, 3.63) is 65.2 Å². The summed E-state index contributed by atoms with van der Waals surface area (Å²) in [5.74, 6) is -1.29. The number of aryl methyl sites for hydroxylation is 1. The number of rotatable bonds is 5. The van der Waals surface area contributed by atoms with Gasteiger partial charge in [0.25, 0.3) is 0 Å². The molecule has 1 atom stereocenters. The molecule has 130 valence electrons. The molecule has 1 heterocycles. The van der Waals surface area contributed by atoms with Crippen LogP contribution in [0.4, 0.5) is 5.69 Å². The van der Waals surface area contributed by atoms with Crippen molar-refractivity contribution < 1.29 is 14.7 Å². The molecule has 5 nitrogen and oxygen atoms in total. The highest BCUT2D eigenvalue weighted by Gasteiger charge is 2.34. The van der Waals surface area contributed by atoms with Gasteiger partial charge in [-0.1, -0.05) is 48.0 Å². The Morgan fingerprint density at radius 2 is 1.92 bits per heavy atom. The third-order valence-corrected chi connectivity index (χ3v) is 4.49. The summed E-state index contributed by atoms with van der Waals surface area (Å²) in [5.41, 5.74) is 3.85. The lowest BCUT2D eigenvalue weighted by atomic mass is 9.92. The van der Waals surface area contributed by atoms with Gasteiger partial charge in [0.05, 0.1) is 6.61 Å². The van der Waals surface area contributed by atoms with Crippen molar-refractivity contribution in [3.63, 3.8) is 0 Å². The highest BCUT2D eigenvalue weighted by Crippen LogP contribution is 2.26. The number of carbonyl (C=O) groups excluding carboxylic acids is 2. The van der Waals surface area contributed by atoms with Crippen LogP contribution in [-0.2, 0) is 22.6 Å². The molecule has 5 heteroatoms. The van der Waals surface area contributed by atoms with Crippen LogP contribution in [0.25, 0.3) is 0 Å². The zero-order valence-corrected chi connectivity index (χ0v) is 14.2. The van der Waals surface area contributed by atoms with Crippen molar-refractivity contribution >= 4 is 17.5 Å². The van der Waals surface area contributed by atoms with Crippen molar-refractivity contribution in [2.45, 2.75) is 19.9 Å². The minimum absolute atomic E-state index is 0.136. The first-order valence-corrected chi connectivity index (χ1v) is 8.42. The lowest BCUT2D eigenvalue weighted by molar-refractivity contribution is -0.141. The zero-order chi connectivity index (χ0) is 17.8. The van der Waals surface area contributed by atoms with E-state index in [1.54, 1.807) is 4.90 Å². The second kappa shape index (κ2) is 7.49. The SMILES string of the molecule is Cc1ccc(CN(CCO)C(=O)C2Cc3ccccc3NC2=O)cc1. The number of nitrogens with one attached hydrogen (secondary N) is 1. The van der Waals surface area contributed by atoms with Gasteiger partial charge in [-0.15, -0.1) is 0 Å². The van der Waals surface area contributed by atoms with E-state index in [0.717, 1.165) is 22.4 Å². The number of aliphatic hydroxyl groups excluding tert-OH is 1. The van der Waals surface area contributed by atoms with Crippen LogP contribution in [0.2, 0.25) is 0 Å². The highest BCUT2D eigenvalue weighted by atomic mass is 16.3. The third kappa shape index (κ3) is 3.88. The molecule has 1 aliphatic rings. The first-order valence-electron chi connectivity index (χ1n) is 8.42. The molecular formula is C20H22N2O3. The molecule has 2 aromatic rings. The number of anilines is 1. The molecule has 2 aromatic carbocycles. The van der Waals surface area contributed by atoms with Crippen LogP contribution in [0.1, 0.15) is 16.7 Å². The molecule has 0 spiro atoms. The second-order valence-electron chi connectivity index (χ2n) is 6.37. The zero-order valence-electron chi connectivity index (χ0n) is 14.2. The van der Waals surface area contributed by atoms with Gasteiger partial charge in [-0.05, 0) is 30.5 Å². The molecule has 0 aliphatic carbocycles. The average molecular weight is 338 g/mol. The Hall–Kier alpha value is -2.66. The molecule has 0 aromatic heterocycles. The van der Waals surface area contributed by atoms with Crippen molar-refractivity contribution in [1.29, 1.82) is 0 Å². The van der Waals surface area contributed by atoms with Crippen LogP contribution in [0, 0.1) is 12.8 Å². The molecular weight excluding hydrogens is 316 g/mol. The maximum Gasteiger partial charge on any atom is 0.237 e. The molecule has 0 saturated heterocycles. The first-order chi connectivity index (χ1) is 12.1. The van der Waals surface area contributed by atoms with Gasteiger partial charge in [0, 0.05) is 18.8 Å². The normalized spacial score (nSPS) is 16.1. The van der Waals surface area contributed by atoms with Gasteiger partial charge in [-0.2, -0.15) is 0 Å². The Balaban J connectivity index is 1.78. The Kier molecular flexibility index (Phi) is 5.14. The summed E-state index contributed by atoms with van der Waals surface area (Å²) in [7, 11) is 0. The average Bonchev–Trinajstić information content (AvgIpc) is 2.62. The Morgan fingerprint density at radius 1 is 1.20 bits per heavy atom. The minimum atomic E-state index is -0.758. The van der Waals surface area contributed by atoms with Gasteiger partial charge >= 0.3 is 0 Å². The van der Waals surface area contributed by atoms with Gasteiger partial charge in [-0.3, -0.25) is 9.59 Å². The summed E-state index contributed by atoms with van der Waals surface area (Å²) < 4.78 is 0. The number of aliphatic hydroxyl groups is 1. The largest absolute Gasteiger partial charge is 0.395 e. The van der Waals surface area contributed by atoms with Crippen molar-refractivity contribution in [3.8, 4) is 0 Å². The van der Waals surface area contributed by atoms with Crippen LogP contribution in [0.5, 0.6) is 0 Å². The number of amides is 2.